The van der Waals surface area contributed by atoms with Crippen LogP contribution in [0.5, 0.6) is 0 Å². The van der Waals surface area contributed by atoms with E-state index >= 15 is 0 Å². The lowest BCUT2D eigenvalue weighted by molar-refractivity contribution is -0.122. The van der Waals surface area contributed by atoms with Crippen molar-refractivity contribution in [2.24, 2.45) is 0 Å². The van der Waals surface area contributed by atoms with Gasteiger partial charge in [-0.05, 0) is 82.3 Å². The van der Waals surface area contributed by atoms with Gasteiger partial charge in [-0.3, -0.25) is 4.79 Å². The summed E-state index contributed by atoms with van der Waals surface area (Å²) in [5, 5.41) is 6.39. The van der Waals surface area contributed by atoms with Gasteiger partial charge in [0, 0.05) is 8.95 Å². The molecule has 1 atom stereocenters. The highest BCUT2D eigenvalue weighted by molar-refractivity contribution is 9.11. The van der Waals surface area contributed by atoms with E-state index in [9.17, 15) is 4.79 Å². The topological polar surface area (TPSA) is 41.1 Å². The molecule has 5 heteroatoms. The van der Waals surface area contributed by atoms with Crippen LogP contribution in [0.15, 0.2) is 21.1 Å². The number of carbonyl (C=O) groups excluding carboxylic acids is 1. The number of halogens is 2. The summed E-state index contributed by atoms with van der Waals surface area (Å²) < 4.78 is 1.80. The lowest BCUT2D eigenvalue weighted by atomic mass is 9.93. The molecule has 1 aliphatic rings. The van der Waals surface area contributed by atoms with Crippen LogP contribution < -0.4 is 10.6 Å². The van der Waals surface area contributed by atoms with E-state index in [1.807, 2.05) is 19.1 Å². The molecule has 0 radical (unpaired) electrons. The van der Waals surface area contributed by atoms with Crippen molar-refractivity contribution in [3.63, 3.8) is 0 Å². The average molecular weight is 390 g/mol. The van der Waals surface area contributed by atoms with Crippen LogP contribution in [-0.2, 0) is 4.79 Å². The number of aryl methyl sites for hydroxylation is 1. The highest BCUT2D eigenvalue weighted by Crippen LogP contribution is 2.34. The first kappa shape index (κ1) is 15.0. The van der Waals surface area contributed by atoms with Gasteiger partial charge < -0.3 is 10.6 Å². The van der Waals surface area contributed by atoms with Crippen molar-refractivity contribution < 1.29 is 4.79 Å². The highest BCUT2D eigenvalue weighted by atomic mass is 79.9. The molecule has 1 unspecified atom stereocenters. The second-order valence-corrected chi connectivity index (χ2v) is 6.73. The Morgan fingerprint density at radius 1 is 1.42 bits per heavy atom. The Morgan fingerprint density at radius 3 is 2.53 bits per heavy atom. The predicted octanol–water partition coefficient (Wildman–Crippen LogP) is 3.99. The molecule has 1 aromatic carbocycles. The van der Waals surface area contributed by atoms with Gasteiger partial charge in [-0.25, -0.2) is 0 Å². The van der Waals surface area contributed by atoms with Gasteiger partial charge in [-0.15, -0.1) is 0 Å². The fourth-order valence-electron chi connectivity index (χ4n) is 2.51. The largest absolute Gasteiger partial charge is 0.323 e. The SMILES string of the molecule is CCC1(C(=O)Nc2c(Br)cc(C)cc2Br)CCCN1. The van der Waals surface area contributed by atoms with Gasteiger partial charge >= 0.3 is 0 Å². The molecule has 104 valence electrons. The van der Waals surface area contributed by atoms with E-state index in [1.54, 1.807) is 0 Å². The average Bonchev–Trinajstić information content (AvgIpc) is 2.83. The summed E-state index contributed by atoms with van der Waals surface area (Å²) in [6.45, 7) is 4.99. The van der Waals surface area contributed by atoms with Crippen molar-refractivity contribution >= 4 is 43.5 Å². The minimum Gasteiger partial charge on any atom is -0.323 e. The Bertz CT molecular complexity index is 473. The maximum atomic E-state index is 12.5. The Labute approximate surface area is 130 Å². The third-order valence-electron chi connectivity index (χ3n) is 3.71. The number of carbonyl (C=O) groups is 1. The fourth-order valence-corrected chi connectivity index (χ4v) is 4.13. The third kappa shape index (κ3) is 3.03. The van der Waals surface area contributed by atoms with E-state index < -0.39 is 5.54 Å². The van der Waals surface area contributed by atoms with Gasteiger partial charge in [0.1, 0.15) is 0 Å². The van der Waals surface area contributed by atoms with Crippen LogP contribution in [0, 0.1) is 6.92 Å². The number of hydrogen-bond donors (Lipinski definition) is 2. The monoisotopic (exact) mass is 388 g/mol. The molecule has 1 fully saturated rings. The summed E-state index contributed by atoms with van der Waals surface area (Å²) in [6.07, 6.45) is 2.76. The first-order valence-corrected chi connectivity index (χ1v) is 8.09. The molecule has 1 aromatic rings. The van der Waals surface area contributed by atoms with Crippen LogP contribution in [-0.4, -0.2) is 18.0 Å². The smallest absolute Gasteiger partial charge is 0.244 e. The number of benzene rings is 1. The molecule has 2 N–H and O–H groups in total. The van der Waals surface area contributed by atoms with E-state index in [2.05, 4.69) is 49.4 Å². The van der Waals surface area contributed by atoms with E-state index in [-0.39, 0.29) is 5.91 Å². The Morgan fingerprint density at radius 2 is 2.05 bits per heavy atom. The van der Waals surface area contributed by atoms with Gasteiger partial charge in [0.15, 0.2) is 0 Å². The zero-order chi connectivity index (χ0) is 14.0. The molecule has 0 aliphatic carbocycles. The lowest BCUT2D eigenvalue weighted by Gasteiger charge is -2.27. The molecule has 0 saturated carbocycles. The second kappa shape index (κ2) is 5.94. The molecule has 1 heterocycles. The molecular formula is C14H18Br2N2O. The van der Waals surface area contributed by atoms with E-state index in [1.165, 1.54) is 0 Å². The highest BCUT2D eigenvalue weighted by Gasteiger charge is 2.39. The maximum Gasteiger partial charge on any atom is 0.244 e. The fraction of sp³-hybridized carbons (Fsp3) is 0.500. The summed E-state index contributed by atoms with van der Waals surface area (Å²) in [4.78, 5) is 12.5. The summed E-state index contributed by atoms with van der Waals surface area (Å²) in [6, 6.07) is 4.00. The van der Waals surface area contributed by atoms with Gasteiger partial charge in [0.05, 0.1) is 11.2 Å². The van der Waals surface area contributed by atoms with Crippen molar-refractivity contribution in [1.82, 2.24) is 5.32 Å². The lowest BCUT2D eigenvalue weighted by Crippen LogP contribution is -2.50. The first-order valence-electron chi connectivity index (χ1n) is 6.50. The summed E-state index contributed by atoms with van der Waals surface area (Å²) in [7, 11) is 0. The molecule has 1 saturated heterocycles. The number of rotatable bonds is 3. The van der Waals surface area contributed by atoms with Crippen LogP contribution in [0.1, 0.15) is 31.7 Å². The van der Waals surface area contributed by atoms with Crippen molar-refractivity contribution in [3.05, 3.63) is 26.6 Å². The minimum absolute atomic E-state index is 0.0535. The molecule has 1 amide bonds. The van der Waals surface area contributed by atoms with Gasteiger partial charge in [0.25, 0.3) is 0 Å². The molecule has 1 aliphatic heterocycles. The van der Waals surface area contributed by atoms with Crippen molar-refractivity contribution in [2.75, 3.05) is 11.9 Å². The summed E-state index contributed by atoms with van der Waals surface area (Å²) >= 11 is 7.02. The first-order chi connectivity index (χ1) is 8.98. The number of anilines is 1. The molecule has 0 spiro atoms. The van der Waals surface area contributed by atoms with Gasteiger partial charge in [0.2, 0.25) is 5.91 Å². The van der Waals surface area contributed by atoms with Gasteiger partial charge in [-0.1, -0.05) is 6.92 Å². The van der Waals surface area contributed by atoms with E-state index in [0.717, 1.165) is 46.0 Å². The predicted molar refractivity (Wildman–Crippen MR) is 85.5 cm³/mol. The zero-order valence-corrected chi connectivity index (χ0v) is 14.3. The van der Waals surface area contributed by atoms with Crippen LogP contribution in [0.3, 0.4) is 0 Å². The van der Waals surface area contributed by atoms with Crippen LogP contribution in [0.2, 0.25) is 0 Å². The minimum atomic E-state index is -0.413. The maximum absolute atomic E-state index is 12.5. The quantitative estimate of drug-likeness (QED) is 0.820. The van der Waals surface area contributed by atoms with Crippen LogP contribution in [0.25, 0.3) is 0 Å². The zero-order valence-electron chi connectivity index (χ0n) is 11.1. The Balaban J connectivity index is 2.24. The summed E-state index contributed by atoms with van der Waals surface area (Å²) in [5.41, 5.74) is 1.53. The van der Waals surface area contributed by atoms with E-state index in [4.69, 9.17) is 0 Å². The number of amides is 1. The molecule has 2 rings (SSSR count). The second-order valence-electron chi connectivity index (χ2n) is 5.02. The molecule has 0 bridgehead atoms. The molecule has 19 heavy (non-hydrogen) atoms. The molecule has 0 aromatic heterocycles. The van der Waals surface area contributed by atoms with Crippen LogP contribution >= 0.6 is 31.9 Å². The summed E-state index contributed by atoms with van der Waals surface area (Å²) in [5.74, 6) is 0.0535. The van der Waals surface area contributed by atoms with Crippen molar-refractivity contribution in [3.8, 4) is 0 Å². The van der Waals surface area contributed by atoms with Crippen molar-refractivity contribution in [2.45, 2.75) is 38.6 Å². The van der Waals surface area contributed by atoms with Crippen LogP contribution in [0.4, 0.5) is 5.69 Å². The van der Waals surface area contributed by atoms with E-state index in [0.29, 0.717) is 0 Å². The van der Waals surface area contributed by atoms with Gasteiger partial charge in [-0.2, -0.15) is 0 Å². The third-order valence-corrected chi connectivity index (χ3v) is 4.96. The normalized spacial score (nSPS) is 22.5. The number of hydrogen-bond acceptors (Lipinski definition) is 2. The van der Waals surface area contributed by atoms with Crippen molar-refractivity contribution in [1.29, 1.82) is 0 Å². The Hall–Kier alpha value is -0.390. The Kier molecular flexibility index (Phi) is 4.69. The number of nitrogens with one attached hydrogen (secondary N) is 2. The molecular weight excluding hydrogens is 372 g/mol. The standard InChI is InChI=1S/C14H18Br2N2O/c1-3-14(5-4-6-17-14)13(19)18-12-10(15)7-9(2)8-11(12)16/h7-8,17H,3-6H2,1-2H3,(H,18,19). The molecule has 3 nitrogen and oxygen atoms in total.